The van der Waals surface area contributed by atoms with Crippen molar-refractivity contribution in [2.24, 2.45) is 11.1 Å². The lowest BCUT2D eigenvalue weighted by atomic mass is 9.57. The highest BCUT2D eigenvalue weighted by molar-refractivity contribution is 5.90. The van der Waals surface area contributed by atoms with Crippen LogP contribution in [-0.4, -0.2) is 48.1 Å². The van der Waals surface area contributed by atoms with E-state index in [9.17, 15) is 4.79 Å². The minimum atomic E-state index is -0.569. The largest absolute Gasteiger partial charge is 0.381 e. The van der Waals surface area contributed by atoms with Gasteiger partial charge in [0.25, 0.3) is 5.91 Å². The molecule has 120 valence electrons. The average Bonchev–Trinajstić information content (AvgIpc) is 2.55. The fourth-order valence-electron chi connectivity index (χ4n) is 3.53. The van der Waals surface area contributed by atoms with Crippen molar-refractivity contribution in [3.63, 3.8) is 0 Å². The van der Waals surface area contributed by atoms with Crippen LogP contribution in [0.4, 0.5) is 5.82 Å². The first kappa shape index (κ1) is 15.2. The van der Waals surface area contributed by atoms with Gasteiger partial charge in [0, 0.05) is 31.3 Å². The zero-order chi connectivity index (χ0) is 15.6. The van der Waals surface area contributed by atoms with Gasteiger partial charge in [-0.2, -0.15) is 0 Å². The van der Waals surface area contributed by atoms with Gasteiger partial charge in [-0.05, 0) is 38.3 Å². The van der Waals surface area contributed by atoms with E-state index in [0.29, 0.717) is 11.9 Å². The molecule has 0 unspecified atom stereocenters. The molecule has 1 aliphatic heterocycles. The fourth-order valence-corrected chi connectivity index (χ4v) is 3.53. The van der Waals surface area contributed by atoms with Crippen molar-refractivity contribution in [2.45, 2.75) is 38.3 Å². The third-order valence-electron chi connectivity index (χ3n) is 4.82. The maximum absolute atomic E-state index is 11.0. The molecule has 7 heteroatoms. The third kappa shape index (κ3) is 2.66. The Balaban J connectivity index is 1.70. The summed E-state index contributed by atoms with van der Waals surface area (Å²) < 4.78 is 11.4. The summed E-state index contributed by atoms with van der Waals surface area (Å²) in [7, 11) is 0. The molecule has 1 spiro atoms. The molecule has 1 aliphatic carbocycles. The molecule has 1 amide bonds. The average molecular weight is 306 g/mol. The quantitative estimate of drug-likeness (QED) is 0.840. The molecule has 0 radical (unpaired) electrons. The van der Waals surface area contributed by atoms with Gasteiger partial charge in [0.1, 0.15) is 5.82 Å². The van der Waals surface area contributed by atoms with Crippen molar-refractivity contribution in [3.05, 3.63) is 17.8 Å². The molecule has 1 aromatic heterocycles. The number of aromatic nitrogens is 2. The Labute approximate surface area is 129 Å². The number of primary amides is 1. The number of hydrogen-bond acceptors (Lipinski definition) is 6. The fraction of sp³-hybridized carbons (Fsp3) is 0.667. The van der Waals surface area contributed by atoms with Crippen LogP contribution in [0.25, 0.3) is 0 Å². The Morgan fingerprint density at radius 3 is 2.82 bits per heavy atom. The molecule has 3 N–H and O–H groups in total. The van der Waals surface area contributed by atoms with Crippen LogP contribution < -0.4 is 11.1 Å². The highest BCUT2D eigenvalue weighted by Gasteiger charge is 2.56. The molecule has 2 atom stereocenters. The number of hydrogen-bond donors (Lipinski definition) is 2. The van der Waals surface area contributed by atoms with Gasteiger partial charge < -0.3 is 20.5 Å². The molecule has 7 nitrogen and oxygen atoms in total. The summed E-state index contributed by atoms with van der Waals surface area (Å²) in [5, 5.41) is 11.3. The minimum absolute atomic E-state index is 0.109. The molecule has 2 fully saturated rings. The topological polar surface area (TPSA) is 99.4 Å². The van der Waals surface area contributed by atoms with Gasteiger partial charge in [-0.25, -0.2) is 0 Å². The standard InChI is InChI=1S/C15H22N4O3/c1-2-22-12-9-11(15(12)5-7-21-8-6-15)17-13-4-3-10(14(16)20)18-19-13/h3-4,11-12H,2,5-9H2,1H3,(H2,16,20)(H,17,19)/t11-,12-/m1/s1. The van der Waals surface area contributed by atoms with E-state index in [1.165, 1.54) is 0 Å². The number of nitrogens with zero attached hydrogens (tertiary/aromatic N) is 2. The van der Waals surface area contributed by atoms with Crippen LogP contribution >= 0.6 is 0 Å². The number of ether oxygens (including phenoxy) is 2. The van der Waals surface area contributed by atoms with Crippen LogP contribution in [0, 0.1) is 5.41 Å². The number of carbonyl (C=O) groups is 1. The summed E-state index contributed by atoms with van der Waals surface area (Å²) >= 11 is 0. The van der Waals surface area contributed by atoms with E-state index in [4.69, 9.17) is 15.2 Å². The van der Waals surface area contributed by atoms with Gasteiger partial charge >= 0.3 is 0 Å². The highest BCUT2D eigenvalue weighted by atomic mass is 16.5. The summed E-state index contributed by atoms with van der Waals surface area (Å²) in [5.74, 6) is 0.0934. The smallest absolute Gasteiger partial charge is 0.269 e. The van der Waals surface area contributed by atoms with E-state index in [2.05, 4.69) is 15.5 Å². The van der Waals surface area contributed by atoms with Crippen LogP contribution in [0.3, 0.4) is 0 Å². The van der Waals surface area contributed by atoms with E-state index in [1.54, 1.807) is 12.1 Å². The van der Waals surface area contributed by atoms with Crippen molar-refractivity contribution < 1.29 is 14.3 Å². The molecule has 0 aromatic carbocycles. The number of carbonyl (C=O) groups excluding carboxylic acids is 1. The minimum Gasteiger partial charge on any atom is -0.381 e. The van der Waals surface area contributed by atoms with Crippen LogP contribution in [0.5, 0.6) is 0 Å². The lowest BCUT2D eigenvalue weighted by Crippen LogP contribution is -2.63. The van der Waals surface area contributed by atoms with Crippen molar-refractivity contribution in [1.82, 2.24) is 10.2 Å². The third-order valence-corrected chi connectivity index (χ3v) is 4.82. The van der Waals surface area contributed by atoms with E-state index in [1.807, 2.05) is 6.92 Å². The van der Waals surface area contributed by atoms with Gasteiger partial charge in [0.05, 0.1) is 6.10 Å². The summed E-state index contributed by atoms with van der Waals surface area (Å²) in [4.78, 5) is 11.0. The monoisotopic (exact) mass is 306 g/mol. The molecule has 3 rings (SSSR count). The van der Waals surface area contributed by atoms with Crippen molar-refractivity contribution in [2.75, 3.05) is 25.1 Å². The molecule has 1 saturated heterocycles. The normalized spacial score (nSPS) is 26.4. The first-order chi connectivity index (χ1) is 10.7. The number of rotatable bonds is 5. The molecule has 1 aromatic rings. The number of nitrogens with one attached hydrogen (secondary N) is 1. The maximum Gasteiger partial charge on any atom is 0.269 e. The molecular weight excluding hydrogens is 284 g/mol. The Bertz CT molecular complexity index is 528. The van der Waals surface area contributed by atoms with Crippen molar-refractivity contribution >= 4 is 11.7 Å². The van der Waals surface area contributed by atoms with Crippen LogP contribution in [0.15, 0.2) is 12.1 Å². The highest BCUT2D eigenvalue weighted by Crippen LogP contribution is 2.51. The van der Waals surface area contributed by atoms with Crippen LogP contribution in [0.2, 0.25) is 0 Å². The molecule has 2 heterocycles. The van der Waals surface area contributed by atoms with E-state index < -0.39 is 5.91 Å². The molecular formula is C15H22N4O3. The maximum atomic E-state index is 11.0. The van der Waals surface area contributed by atoms with Crippen LogP contribution in [-0.2, 0) is 9.47 Å². The first-order valence-corrected chi connectivity index (χ1v) is 7.75. The Morgan fingerprint density at radius 2 is 2.23 bits per heavy atom. The number of nitrogens with two attached hydrogens (primary N) is 1. The second-order valence-corrected chi connectivity index (χ2v) is 5.89. The van der Waals surface area contributed by atoms with E-state index in [-0.39, 0.29) is 17.2 Å². The molecule has 2 aliphatic rings. The van der Waals surface area contributed by atoms with Crippen molar-refractivity contribution in [3.8, 4) is 0 Å². The zero-order valence-electron chi connectivity index (χ0n) is 12.7. The summed E-state index contributed by atoms with van der Waals surface area (Å²) in [6.45, 7) is 4.30. The Morgan fingerprint density at radius 1 is 1.45 bits per heavy atom. The number of anilines is 1. The predicted octanol–water partition coefficient (Wildman–Crippen LogP) is 0.962. The summed E-state index contributed by atoms with van der Waals surface area (Å²) in [6, 6.07) is 3.63. The van der Waals surface area contributed by atoms with E-state index in [0.717, 1.165) is 39.1 Å². The number of amides is 1. The first-order valence-electron chi connectivity index (χ1n) is 7.75. The second kappa shape index (κ2) is 6.18. The lowest BCUT2D eigenvalue weighted by Gasteiger charge is -2.57. The summed E-state index contributed by atoms with van der Waals surface area (Å²) in [6.07, 6.45) is 3.20. The Hall–Kier alpha value is -1.73. The molecule has 0 bridgehead atoms. The predicted molar refractivity (Wildman–Crippen MR) is 80.5 cm³/mol. The Kier molecular flexibility index (Phi) is 4.26. The van der Waals surface area contributed by atoms with E-state index >= 15 is 0 Å². The molecule has 1 saturated carbocycles. The van der Waals surface area contributed by atoms with Gasteiger partial charge in [0.15, 0.2) is 5.69 Å². The summed E-state index contributed by atoms with van der Waals surface area (Å²) in [5.41, 5.74) is 5.46. The SMILES string of the molecule is CCO[C@@H]1C[C@@H](Nc2ccc(C(N)=O)nn2)C12CCOCC2. The molecule has 22 heavy (non-hydrogen) atoms. The van der Waals surface area contributed by atoms with Gasteiger partial charge in [-0.1, -0.05) is 0 Å². The second-order valence-electron chi connectivity index (χ2n) is 5.89. The van der Waals surface area contributed by atoms with Crippen LogP contribution in [0.1, 0.15) is 36.7 Å². The zero-order valence-corrected chi connectivity index (χ0v) is 12.7. The van der Waals surface area contributed by atoms with Gasteiger partial charge in [-0.3, -0.25) is 4.79 Å². The van der Waals surface area contributed by atoms with Crippen molar-refractivity contribution in [1.29, 1.82) is 0 Å². The van der Waals surface area contributed by atoms with Gasteiger partial charge in [-0.15, -0.1) is 10.2 Å². The van der Waals surface area contributed by atoms with Gasteiger partial charge in [0.2, 0.25) is 0 Å². The lowest BCUT2D eigenvalue weighted by molar-refractivity contribution is -0.159.